The number of hydrogen-bond acceptors (Lipinski definition) is 4. The van der Waals surface area contributed by atoms with Crippen molar-refractivity contribution >= 4 is 5.69 Å². The van der Waals surface area contributed by atoms with Gasteiger partial charge >= 0.3 is 0 Å². The number of aromatic nitrogens is 1. The van der Waals surface area contributed by atoms with Gasteiger partial charge in [0.2, 0.25) is 0 Å². The standard InChI is InChI=1S/C15H13N3O2/c1-15(11-16,10-12-6-8-17-9-7-12)13-4-2-3-5-14(13)18(19)20/h2-9H,10H2,1H3. The molecule has 100 valence electrons. The Balaban J connectivity index is 2.47. The lowest BCUT2D eigenvalue weighted by molar-refractivity contribution is -0.385. The first-order chi connectivity index (χ1) is 9.57. The Morgan fingerprint density at radius 3 is 2.55 bits per heavy atom. The Kier molecular flexibility index (Phi) is 3.76. The minimum Gasteiger partial charge on any atom is -0.265 e. The number of nitro groups is 1. The molecule has 0 saturated carbocycles. The Labute approximate surface area is 116 Å². The van der Waals surface area contributed by atoms with Crippen LogP contribution < -0.4 is 0 Å². The van der Waals surface area contributed by atoms with Crippen LogP contribution >= 0.6 is 0 Å². The maximum Gasteiger partial charge on any atom is 0.274 e. The van der Waals surface area contributed by atoms with Crippen LogP contribution in [-0.4, -0.2) is 9.91 Å². The van der Waals surface area contributed by atoms with Gasteiger partial charge in [0.25, 0.3) is 5.69 Å². The van der Waals surface area contributed by atoms with E-state index in [0.29, 0.717) is 12.0 Å². The average molecular weight is 267 g/mol. The third-order valence-electron chi connectivity index (χ3n) is 3.25. The molecule has 0 fully saturated rings. The maximum atomic E-state index is 11.1. The van der Waals surface area contributed by atoms with Crippen molar-refractivity contribution in [2.24, 2.45) is 0 Å². The fourth-order valence-corrected chi connectivity index (χ4v) is 2.20. The second kappa shape index (κ2) is 5.49. The van der Waals surface area contributed by atoms with E-state index in [-0.39, 0.29) is 5.69 Å². The molecule has 0 N–H and O–H groups in total. The first kappa shape index (κ1) is 13.7. The molecule has 0 aliphatic carbocycles. The fourth-order valence-electron chi connectivity index (χ4n) is 2.20. The van der Waals surface area contributed by atoms with Crippen molar-refractivity contribution in [1.82, 2.24) is 4.98 Å². The van der Waals surface area contributed by atoms with E-state index in [2.05, 4.69) is 11.1 Å². The molecule has 1 atom stereocenters. The van der Waals surface area contributed by atoms with Crippen LogP contribution in [0.15, 0.2) is 48.8 Å². The Hall–Kier alpha value is -2.74. The summed E-state index contributed by atoms with van der Waals surface area (Å²) in [6.07, 6.45) is 3.69. The molecular formula is C15H13N3O2. The molecule has 5 nitrogen and oxygen atoms in total. The normalized spacial score (nSPS) is 13.2. The summed E-state index contributed by atoms with van der Waals surface area (Å²) < 4.78 is 0. The topological polar surface area (TPSA) is 79.8 Å². The van der Waals surface area contributed by atoms with Crippen LogP contribution in [0.1, 0.15) is 18.1 Å². The predicted molar refractivity (Wildman–Crippen MR) is 74.0 cm³/mol. The van der Waals surface area contributed by atoms with Crippen molar-refractivity contribution < 1.29 is 4.92 Å². The number of pyridine rings is 1. The number of para-hydroxylation sites is 1. The highest BCUT2D eigenvalue weighted by Crippen LogP contribution is 2.33. The van der Waals surface area contributed by atoms with Gasteiger partial charge in [-0.15, -0.1) is 0 Å². The third kappa shape index (κ3) is 2.64. The molecule has 0 amide bonds. The number of nitro benzene ring substituents is 1. The van der Waals surface area contributed by atoms with E-state index in [4.69, 9.17) is 0 Å². The molecule has 2 rings (SSSR count). The van der Waals surface area contributed by atoms with Gasteiger partial charge in [0.05, 0.1) is 22.0 Å². The molecule has 20 heavy (non-hydrogen) atoms. The van der Waals surface area contributed by atoms with Crippen molar-refractivity contribution in [2.75, 3.05) is 0 Å². The highest BCUT2D eigenvalue weighted by molar-refractivity contribution is 5.49. The molecule has 1 unspecified atom stereocenters. The molecule has 0 aliphatic heterocycles. The van der Waals surface area contributed by atoms with E-state index < -0.39 is 10.3 Å². The summed E-state index contributed by atoms with van der Waals surface area (Å²) in [5.41, 5.74) is 0.377. The molecule has 1 heterocycles. The SMILES string of the molecule is CC(C#N)(Cc1ccncc1)c1ccccc1[N+](=O)[O-]. The van der Waals surface area contributed by atoms with Crippen LogP contribution in [0.25, 0.3) is 0 Å². The summed E-state index contributed by atoms with van der Waals surface area (Å²) in [5, 5.41) is 20.6. The van der Waals surface area contributed by atoms with Gasteiger partial charge in [-0.2, -0.15) is 5.26 Å². The number of nitriles is 1. The molecular weight excluding hydrogens is 254 g/mol. The lowest BCUT2D eigenvalue weighted by Gasteiger charge is -2.21. The second-order valence-electron chi connectivity index (χ2n) is 4.75. The largest absolute Gasteiger partial charge is 0.274 e. The van der Waals surface area contributed by atoms with Crippen LogP contribution in [0, 0.1) is 21.4 Å². The molecule has 1 aromatic heterocycles. The monoisotopic (exact) mass is 267 g/mol. The van der Waals surface area contributed by atoms with Gasteiger partial charge in [0.1, 0.15) is 0 Å². The molecule has 1 aromatic carbocycles. The predicted octanol–water partition coefficient (Wildman–Crippen LogP) is 3.01. The Morgan fingerprint density at radius 2 is 1.95 bits per heavy atom. The second-order valence-corrected chi connectivity index (χ2v) is 4.75. The zero-order chi connectivity index (χ0) is 14.6. The smallest absolute Gasteiger partial charge is 0.265 e. The van der Waals surface area contributed by atoms with E-state index in [1.54, 1.807) is 37.5 Å². The Bertz CT molecular complexity index is 664. The lowest BCUT2D eigenvalue weighted by atomic mass is 9.78. The molecule has 5 heteroatoms. The molecule has 0 aliphatic rings. The van der Waals surface area contributed by atoms with Crippen LogP contribution in [0.5, 0.6) is 0 Å². The van der Waals surface area contributed by atoms with Crippen molar-refractivity contribution in [1.29, 1.82) is 5.26 Å². The summed E-state index contributed by atoms with van der Waals surface area (Å²) in [5.74, 6) is 0. The van der Waals surface area contributed by atoms with Gasteiger partial charge in [-0.25, -0.2) is 0 Å². The first-order valence-corrected chi connectivity index (χ1v) is 6.11. The van der Waals surface area contributed by atoms with E-state index in [1.807, 2.05) is 12.1 Å². The van der Waals surface area contributed by atoms with Crippen LogP contribution in [0.4, 0.5) is 5.69 Å². The molecule has 0 bridgehead atoms. The van der Waals surface area contributed by atoms with Crippen molar-refractivity contribution in [3.63, 3.8) is 0 Å². The average Bonchev–Trinajstić information content (AvgIpc) is 2.48. The van der Waals surface area contributed by atoms with Gasteiger partial charge in [0.15, 0.2) is 0 Å². The van der Waals surface area contributed by atoms with Gasteiger partial charge in [-0.1, -0.05) is 18.2 Å². The Morgan fingerprint density at radius 1 is 1.30 bits per heavy atom. The lowest BCUT2D eigenvalue weighted by Crippen LogP contribution is -2.24. The van der Waals surface area contributed by atoms with Crippen LogP contribution in [0.2, 0.25) is 0 Å². The first-order valence-electron chi connectivity index (χ1n) is 6.11. The van der Waals surface area contributed by atoms with E-state index in [9.17, 15) is 15.4 Å². The summed E-state index contributed by atoms with van der Waals surface area (Å²) in [4.78, 5) is 14.6. The minimum atomic E-state index is -0.953. The zero-order valence-corrected chi connectivity index (χ0v) is 11.0. The van der Waals surface area contributed by atoms with Crippen LogP contribution in [0.3, 0.4) is 0 Å². The van der Waals surface area contributed by atoms with E-state index in [0.717, 1.165) is 5.56 Å². The van der Waals surface area contributed by atoms with Crippen molar-refractivity contribution in [2.45, 2.75) is 18.8 Å². The van der Waals surface area contributed by atoms with Crippen LogP contribution in [-0.2, 0) is 11.8 Å². The molecule has 2 aromatic rings. The van der Waals surface area contributed by atoms with Gasteiger partial charge in [0, 0.05) is 18.5 Å². The number of benzene rings is 1. The van der Waals surface area contributed by atoms with Gasteiger partial charge < -0.3 is 0 Å². The molecule has 0 saturated heterocycles. The summed E-state index contributed by atoms with van der Waals surface area (Å²) in [6, 6.07) is 12.2. The van der Waals surface area contributed by atoms with Gasteiger partial charge in [-0.05, 0) is 31.0 Å². The summed E-state index contributed by atoms with van der Waals surface area (Å²) in [6.45, 7) is 1.72. The number of nitrogens with zero attached hydrogens (tertiary/aromatic N) is 3. The van der Waals surface area contributed by atoms with Crippen molar-refractivity contribution in [3.05, 3.63) is 70.0 Å². The third-order valence-corrected chi connectivity index (χ3v) is 3.25. The highest BCUT2D eigenvalue weighted by atomic mass is 16.6. The fraction of sp³-hybridized carbons (Fsp3) is 0.200. The minimum absolute atomic E-state index is 0.0226. The van der Waals surface area contributed by atoms with Crippen molar-refractivity contribution in [3.8, 4) is 6.07 Å². The summed E-state index contributed by atoms with van der Waals surface area (Å²) >= 11 is 0. The molecule has 0 radical (unpaired) electrons. The summed E-state index contributed by atoms with van der Waals surface area (Å²) in [7, 11) is 0. The quantitative estimate of drug-likeness (QED) is 0.630. The van der Waals surface area contributed by atoms with Gasteiger partial charge in [-0.3, -0.25) is 15.1 Å². The maximum absolute atomic E-state index is 11.1. The molecule has 0 spiro atoms. The zero-order valence-electron chi connectivity index (χ0n) is 11.0. The number of hydrogen-bond donors (Lipinski definition) is 0. The van der Waals surface area contributed by atoms with E-state index >= 15 is 0 Å². The highest BCUT2D eigenvalue weighted by Gasteiger charge is 2.33. The van der Waals surface area contributed by atoms with E-state index in [1.165, 1.54) is 6.07 Å². The number of rotatable bonds is 4.